The molecule has 0 aliphatic rings. The Bertz CT molecular complexity index is 429. The van der Waals surface area contributed by atoms with Crippen LogP contribution in [0.2, 0.25) is 0 Å². The third-order valence-corrected chi connectivity index (χ3v) is 2.87. The van der Waals surface area contributed by atoms with E-state index < -0.39 is 11.5 Å². The molecule has 0 aliphatic carbocycles. The van der Waals surface area contributed by atoms with Crippen molar-refractivity contribution < 1.29 is 19.4 Å². The number of aryl methyl sites for hydroxylation is 1. The fraction of sp³-hybridized carbons (Fsp3) is 0.462. The molecule has 1 aromatic carbocycles. The molecule has 0 saturated carbocycles. The molecule has 0 spiro atoms. The van der Waals surface area contributed by atoms with E-state index in [1.165, 1.54) is 6.92 Å². The van der Waals surface area contributed by atoms with Gasteiger partial charge in [-0.15, -0.1) is 0 Å². The van der Waals surface area contributed by atoms with Crippen LogP contribution in [0.25, 0.3) is 0 Å². The summed E-state index contributed by atoms with van der Waals surface area (Å²) in [6.07, 6.45) is 0.928. The van der Waals surface area contributed by atoms with Crippen molar-refractivity contribution in [3.8, 4) is 11.5 Å². The summed E-state index contributed by atoms with van der Waals surface area (Å²) in [7, 11) is 3.13. The molecule has 1 unspecified atom stereocenters. The Morgan fingerprint density at radius 2 is 1.94 bits per heavy atom. The van der Waals surface area contributed by atoms with Crippen LogP contribution in [0, 0.1) is 0 Å². The average Bonchev–Trinajstić information content (AvgIpc) is 2.35. The van der Waals surface area contributed by atoms with Gasteiger partial charge in [-0.05, 0) is 37.5 Å². The summed E-state index contributed by atoms with van der Waals surface area (Å²) in [5.74, 6) is 0.280. The Balaban J connectivity index is 2.77. The maximum atomic E-state index is 10.9. The maximum Gasteiger partial charge on any atom is 0.323 e. The normalized spacial score (nSPS) is 13.8. The number of rotatable bonds is 6. The summed E-state index contributed by atoms with van der Waals surface area (Å²) in [6, 6.07) is 5.50. The van der Waals surface area contributed by atoms with Gasteiger partial charge in [0.25, 0.3) is 0 Å². The molecule has 3 N–H and O–H groups in total. The summed E-state index contributed by atoms with van der Waals surface area (Å²) in [5, 5.41) is 8.93. The summed E-state index contributed by atoms with van der Waals surface area (Å²) in [6.45, 7) is 1.51. The van der Waals surface area contributed by atoms with E-state index in [0.717, 1.165) is 5.56 Å². The monoisotopic (exact) mass is 253 g/mol. The summed E-state index contributed by atoms with van der Waals surface area (Å²) < 4.78 is 10.3. The van der Waals surface area contributed by atoms with Gasteiger partial charge in [0, 0.05) is 0 Å². The maximum absolute atomic E-state index is 10.9. The van der Waals surface area contributed by atoms with Crippen LogP contribution in [0.1, 0.15) is 18.9 Å². The third-order valence-electron chi connectivity index (χ3n) is 2.87. The van der Waals surface area contributed by atoms with Crippen LogP contribution in [-0.2, 0) is 11.2 Å². The minimum absolute atomic E-state index is 0.359. The van der Waals surface area contributed by atoms with Crippen LogP contribution in [0.5, 0.6) is 11.5 Å². The second-order valence-electron chi connectivity index (χ2n) is 4.41. The minimum Gasteiger partial charge on any atom is -0.493 e. The standard InChI is InChI=1S/C13H19NO4/c1-13(14,12(15)16)7-6-9-4-5-10(17-2)11(8-9)18-3/h4-5,8H,6-7,14H2,1-3H3,(H,15,16). The van der Waals surface area contributed by atoms with Crippen molar-refractivity contribution in [1.29, 1.82) is 0 Å². The van der Waals surface area contributed by atoms with Gasteiger partial charge in [-0.3, -0.25) is 4.79 Å². The Morgan fingerprint density at radius 3 is 2.44 bits per heavy atom. The predicted octanol–water partition coefficient (Wildman–Crippen LogP) is 1.44. The molecule has 1 rings (SSSR count). The second kappa shape index (κ2) is 5.73. The van der Waals surface area contributed by atoms with E-state index in [1.54, 1.807) is 20.3 Å². The van der Waals surface area contributed by atoms with Gasteiger partial charge in [-0.1, -0.05) is 6.07 Å². The molecule has 0 radical (unpaired) electrons. The molecule has 0 amide bonds. The first-order valence-electron chi connectivity index (χ1n) is 5.64. The first-order chi connectivity index (χ1) is 8.40. The number of nitrogens with two attached hydrogens (primary N) is 1. The molecule has 0 saturated heterocycles. The highest BCUT2D eigenvalue weighted by Crippen LogP contribution is 2.28. The zero-order valence-electron chi connectivity index (χ0n) is 10.9. The van der Waals surface area contributed by atoms with Crippen LogP contribution in [-0.4, -0.2) is 30.8 Å². The van der Waals surface area contributed by atoms with Crippen molar-refractivity contribution >= 4 is 5.97 Å². The van der Waals surface area contributed by atoms with Crippen molar-refractivity contribution in [3.63, 3.8) is 0 Å². The quantitative estimate of drug-likeness (QED) is 0.801. The third kappa shape index (κ3) is 3.37. The van der Waals surface area contributed by atoms with E-state index in [1.807, 2.05) is 12.1 Å². The van der Waals surface area contributed by atoms with Crippen LogP contribution in [0.15, 0.2) is 18.2 Å². The number of methoxy groups -OCH3 is 2. The van der Waals surface area contributed by atoms with Gasteiger partial charge in [0.1, 0.15) is 5.54 Å². The molecule has 0 aliphatic heterocycles. The van der Waals surface area contributed by atoms with Gasteiger partial charge < -0.3 is 20.3 Å². The molecule has 18 heavy (non-hydrogen) atoms. The molecule has 0 bridgehead atoms. The van der Waals surface area contributed by atoms with Crippen molar-refractivity contribution in [2.24, 2.45) is 5.73 Å². The number of benzene rings is 1. The Hall–Kier alpha value is -1.75. The van der Waals surface area contributed by atoms with E-state index in [0.29, 0.717) is 24.3 Å². The molecular weight excluding hydrogens is 234 g/mol. The van der Waals surface area contributed by atoms with E-state index in [9.17, 15) is 4.79 Å². The molecule has 1 aromatic rings. The van der Waals surface area contributed by atoms with Crippen molar-refractivity contribution in [1.82, 2.24) is 0 Å². The number of ether oxygens (including phenoxy) is 2. The molecule has 1 atom stereocenters. The lowest BCUT2D eigenvalue weighted by Crippen LogP contribution is -2.45. The highest BCUT2D eigenvalue weighted by Gasteiger charge is 2.27. The Kier molecular flexibility index (Phi) is 4.55. The molecule has 0 fully saturated rings. The summed E-state index contributed by atoms with van der Waals surface area (Å²) >= 11 is 0. The molecule has 5 heteroatoms. The SMILES string of the molecule is COc1ccc(CCC(C)(N)C(=O)O)cc1OC. The number of aliphatic carboxylic acids is 1. The van der Waals surface area contributed by atoms with Gasteiger partial charge >= 0.3 is 5.97 Å². The lowest BCUT2D eigenvalue weighted by molar-refractivity contribution is -0.142. The van der Waals surface area contributed by atoms with E-state index >= 15 is 0 Å². The Morgan fingerprint density at radius 1 is 1.33 bits per heavy atom. The number of carboxylic acids is 1. The fourth-order valence-corrected chi connectivity index (χ4v) is 1.55. The molecular formula is C13H19NO4. The van der Waals surface area contributed by atoms with Crippen LogP contribution < -0.4 is 15.2 Å². The van der Waals surface area contributed by atoms with Crippen LogP contribution in [0.3, 0.4) is 0 Å². The summed E-state index contributed by atoms with van der Waals surface area (Å²) in [4.78, 5) is 10.9. The number of carbonyl (C=O) groups is 1. The smallest absolute Gasteiger partial charge is 0.323 e. The van der Waals surface area contributed by atoms with Gasteiger partial charge in [0.05, 0.1) is 14.2 Å². The first kappa shape index (κ1) is 14.3. The van der Waals surface area contributed by atoms with E-state index in [2.05, 4.69) is 0 Å². The van der Waals surface area contributed by atoms with Crippen molar-refractivity contribution in [2.45, 2.75) is 25.3 Å². The van der Waals surface area contributed by atoms with Crippen LogP contribution in [0.4, 0.5) is 0 Å². The highest BCUT2D eigenvalue weighted by molar-refractivity contribution is 5.77. The average molecular weight is 253 g/mol. The lowest BCUT2D eigenvalue weighted by Gasteiger charge is -2.19. The summed E-state index contributed by atoms with van der Waals surface area (Å²) in [5.41, 5.74) is 5.43. The minimum atomic E-state index is -1.22. The number of carboxylic acid groups (broad SMARTS) is 1. The van der Waals surface area contributed by atoms with Gasteiger partial charge in [0.2, 0.25) is 0 Å². The van der Waals surface area contributed by atoms with Crippen molar-refractivity contribution in [3.05, 3.63) is 23.8 Å². The predicted molar refractivity (Wildman–Crippen MR) is 68.1 cm³/mol. The second-order valence-corrected chi connectivity index (χ2v) is 4.41. The molecule has 5 nitrogen and oxygen atoms in total. The largest absolute Gasteiger partial charge is 0.493 e. The zero-order chi connectivity index (χ0) is 13.8. The first-order valence-corrected chi connectivity index (χ1v) is 5.64. The van der Waals surface area contributed by atoms with Gasteiger partial charge in [0.15, 0.2) is 11.5 Å². The highest BCUT2D eigenvalue weighted by atomic mass is 16.5. The van der Waals surface area contributed by atoms with E-state index in [4.69, 9.17) is 20.3 Å². The molecule has 0 aromatic heterocycles. The number of hydrogen-bond donors (Lipinski definition) is 2. The zero-order valence-corrected chi connectivity index (χ0v) is 10.9. The van der Waals surface area contributed by atoms with E-state index in [-0.39, 0.29) is 0 Å². The topological polar surface area (TPSA) is 81.8 Å². The fourth-order valence-electron chi connectivity index (χ4n) is 1.55. The molecule has 100 valence electrons. The van der Waals surface area contributed by atoms with Crippen LogP contribution >= 0.6 is 0 Å². The van der Waals surface area contributed by atoms with Crippen molar-refractivity contribution in [2.75, 3.05) is 14.2 Å². The van der Waals surface area contributed by atoms with Gasteiger partial charge in [-0.25, -0.2) is 0 Å². The number of hydrogen-bond acceptors (Lipinski definition) is 4. The van der Waals surface area contributed by atoms with Gasteiger partial charge in [-0.2, -0.15) is 0 Å². The Labute approximate surface area is 107 Å². The molecule has 0 heterocycles. The lowest BCUT2D eigenvalue weighted by atomic mass is 9.94.